The van der Waals surface area contributed by atoms with E-state index in [4.69, 9.17) is 4.74 Å². The van der Waals surface area contributed by atoms with Crippen molar-refractivity contribution in [3.05, 3.63) is 0 Å². The lowest BCUT2D eigenvalue weighted by molar-refractivity contribution is 0.00636. The second kappa shape index (κ2) is 7.49. The summed E-state index contributed by atoms with van der Waals surface area (Å²) in [5, 5.41) is 12.8. The molecule has 0 aliphatic heterocycles. The quantitative estimate of drug-likeness (QED) is 0.669. The highest BCUT2D eigenvalue weighted by atomic mass is 32.2. The maximum Gasteiger partial charge on any atom is 0.0897 e. The number of hydrogen-bond acceptors (Lipinski definition) is 4. The van der Waals surface area contributed by atoms with E-state index in [2.05, 4.69) is 25.4 Å². The second-order valence-corrected chi connectivity index (χ2v) is 6.14. The van der Waals surface area contributed by atoms with E-state index in [1.807, 2.05) is 25.6 Å². The molecule has 0 spiro atoms. The van der Waals surface area contributed by atoms with Gasteiger partial charge < -0.3 is 15.2 Å². The third kappa shape index (κ3) is 9.18. The van der Waals surface area contributed by atoms with E-state index in [1.165, 1.54) is 0 Å². The number of ether oxygens (including phenoxy) is 1. The third-order valence-corrected chi connectivity index (χ3v) is 3.35. The van der Waals surface area contributed by atoms with Crippen molar-refractivity contribution >= 4 is 11.8 Å². The molecule has 3 nitrogen and oxygen atoms in total. The summed E-state index contributed by atoms with van der Waals surface area (Å²) in [6.07, 6.45) is 1.87. The van der Waals surface area contributed by atoms with E-state index in [1.54, 1.807) is 0 Å². The Kier molecular flexibility index (Phi) is 7.61. The van der Waals surface area contributed by atoms with Crippen LogP contribution >= 0.6 is 11.8 Å². The van der Waals surface area contributed by atoms with Gasteiger partial charge in [-0.1, -0.05) is 0 Å². The predicted molar refractivity (Wildman–Crippen MR) is 67.6 cm³/mol. The van der Waals surface area contributed by atoms with E-state index < -0.39 is 6.10 Å². The summed E-state index contributed by atoms with van der Waals surface area (Å²) < 4.78 is 5.54. The number of nitrogens with one attached hydrogen (secondary N) is 1. The van der Waals surface area contributed by atoms with Gasteiger partial charge in [0.1, 0.15) is 0 Å². The van der Waals surface area contributed by atoms with Gasteiger partial charge in [-0.15, -0.1) is 0 Å². The zero-order valence-corrected chi connectivity index (χ0v) is 11.4. The molecule has 92 valence electrons. The molecule has 0 aliphatic carbocycles. The molecule has 0 radical (unpaired) electrons. The van der Waals surface area contributed by atoms with E-state index in [0.717, 1.165) is 6.54 Å². The minimum Gasteiger partial charge on any atom is -0.389 e. The third-order valence-electron chi connectivity index (χ3n) is 2.11. The van der Waals surface area contributed by atoms with Crippen molar-refractivity contribution in [2.24, 2.45) is 0 Å². The van der Waals surface area contributed by atoms with E-state index >= 15 is 0 Å². The van der Waals surface area contributed by atoms with Crippen molar-refractivity contribution in [2.45, 2.75) is 44.6 Å². The van der Waals surface area contributed by atoms with Crippen LogP contribution in [0.4, 0.5) is 0 Å². The van der Waals surface area contributed by atoms with Gasteiger partial charge in [0.15, 0.2) is 0 Å². The average Bonchev–Trinajstić information content (AvgIpc) is 2.14. The number of aliphatic hydroxyl groups excluding tert-OH is 1. The summed E-state index contributed by atoms with van der Waals surface area (Å²) in [5.74, 6) is 0. The molecule has 0 amide bonds. The summed E-state index contributed by atoms with van der Waals surface area (Å²) in [4.78, 5) is 0. The Morgan fingerprint density at radius 1 is 1.40 bits per heavy atom. The summed E-state index contributed by atoms with van der Waals surface area (Å²) >= 11 is 1.82. The van der Waals surface area contributed by atoms with Crippen LogP contribution < -0.4 is 5.32 Å². The van der Waals surface area contributed by atoms with Crippen LogP contribution in [0.5, 0.6) is 0 Å². The minimum absolute atomic E-state index is 0.183. The van der Waals surface area contributed by atoms with Crippen molar-refractivity contribution < 1.29 is 9.84 Å². The Balaban J connectivity index is 3.50. The van der Waals surface area contributed by atoms with Gasteiger partial charge in [0.05, 0.1) is 18.8 Å². The second-order valence-electron chi connectivity index (χ2n) is 4.63. The highest BCUT2D eigenvalue weighted by molar-refractivity contribution is 7.99. The molecule has 0 heterocycles. The Morgan fingerprint density at radius 2 is 2.00 bits per heavy atom. The fourth-order valence-corrected chi connectivity index (χ4v) is 1.22. The molecule has 0 aromatic heterocycles. The van der Waals surface area contributed by atoms with Crippen molar-refractivity contribution in [3.8, 4) is 0 Å². The first-order valence-electron chi connectivity index (χ1n) is 5.43. The van der Waals surface area contributed by atoms with Crippen LogP contribution in [0.2, 0.25) is 0 Å². The van der Waals surface area contributed by atoms with Gasteiger partial charge in [-0.3, -0.25) is 0 Å². The number of hydrogen-bond donors (Lipinski definition) is 2. The number of aliphatic hydroxyl groups is 1. The molecule has 15 heavy (non-hydrogen) atoms. The molecule has 0 aromatic carbocycles. The van der Waals surface area contributed by atoms with Crippen molar-refractivity contribution in [1.29, 1.82) is 0 Å². The fraction of sp³-hybridized carbons (Fsp3) is 1.00. The van der Waals surface area contributed by atoms with Gasteiger partial charge >= 0.3 is 0 Å². The zero-order chi connectivity index (χ0) is 11.9. The lowest BCUT2D eigenvalue weighted by Gasteiger charge is -2.23. The van der Waals surface area contributed by atoms with Crippen LogP contribution in [0.15, 0.2) is 0 Å². The van der Waals surface area contributed by atoms with Crippen molar-refractivity contribution in [3.63, 3.8) is 0 Å². The molecule has 0 aromatic rings. The lowest BCUT2D eigenvalue weighted by Crippen LogP contribution is -2.38. The Labute approximate surface area is 98.0 Å². The first-order valence-corrected chi connectivity index (χ1v) is 6.65. The molecule has 0 aliphatic rings. The Bertz CT molecular complexity index is 163. The summed E-state index contributed by atoms with van der Waals surface area (Å²) in [6, 6.07) is 0. The van der Waals surface area contributed by atoms with Gasteiger partial charge in [-0.2, -0.15) is 11.8 Å². The minimum atomic E-state index is -0.412. The maximum atomic E-state index is 9.57. The van der Waals surface area contributed by atoms with Crippen LogP contribution in [0.25, 0.3) is 0 Å². The van der Waals surface area contributed by atoms with Crippen molar-refractivity contribution in [2.75, 3.05) is 26.0 Å². The normalized spacial score (nSPS) is 14.6. The van der Waals surface area contributed by atoms with Crippen molar-refractivity contribution in [1.82, 2.24) is 5.32 Å². The van der Waals surface area contributed by atoms with Crippen LogP contribution in [0, 0.1) is 0 Å². The zero-order valence-electron chi connectivity index (χ0n) is 10.5. The highest BCUT2D eigenvalue weighted by Gasteiger charge is 2.15. The van der Waals surface area contributed by atoms with Crippen LogP contribution in [0.3, 0.4) is 0 Å². The maximum absolute atomic E-state index is 9.57. The molecule has 1 unspecified atom stereocenters. The molecule has 0 saturated carbocycles. The van der Waals surface area contributed by atoms with E-state index in [0.29, 0.717) is 13.2 Å². The monoisotopic (exact) mass is 235 g/mol. The molecule has 0 rings (SSSR count). The molecular formula is C11H25NO2S. The van der Waals surface area contributed by atoms with E-state index in [-0.39, 0.29) is 10.9 Å². The molecule has 2 N–H and O–H groups in total. The molecule has 4 heteroatoms. The molecular weight excluding hydrogens is 210 g/mol. The summed E-state index contributed by atoms with van der Waals surface area (Å²) in [5.41, 5.74) is 0. The standard InChI is InChI=1S/C11H25NO2S/c1-9(2)14-7-10(13)6-12-8-11(3,4)15-5/h9-10,12-13H,6-8H2,1-5H3. The smallest absolute Gasteiger partial charge is 0.0897 e. The molecule has 0 bridgehead atoms. The van der Waals surface area contributed by atoms with Gasteiger partial charge in [-0.25, -0.2) is 0 Å². The summed E-state index contributed by atoms with van der Waals surface area (Å²) in [6.45, 7) is 10.2. The fourth-order valence-electron chi connectivity index (χ4n) is 0.974. The SMILES string of the molecule is CSC(C)(C)CNCC(O)COC(C)C. The van der Waals surface area contributed by atoms with Crippen LogP contribution in [-0.4, -0.2) is 48.0 Å². The van der Waals surface area contributed by atoms with Gasteiger partial charge in [0.2, 0.25) is 0 Å². The van der Waals surface area contributed by atoms with Gasteiger partial charge in [-0.05, 0) is 34.0 Å². The van der Waals surface area contributed by atoms with Gasteiger partial charge in [0.25, 0.3) is 0 Å². The highest BCUT2D eigenvalue weighted by Crippen LogP contribution is 2.19. The molecule has 0 fully saturated rings. The molecule has 1 atom stereocenters. The topological polar surface area (TPSA) is 41.5 Å². The van der Waals surface area contributed by atoms with Crippen LogP contribution in [-0.2, 0) is 4.74 Å². The summed E-state index contributed by atoms with van der Waals surface area (Å²) in [7, 11) is 0. The number of thioether (sulfide) groups is 1. The lowest BCUT2D eigenvalue weighted by atomic mass is 10.2. The predicted octanol–water partition coefficient (Wildman–Crippen LogP) is 1.50. The number of rotatable bonds is 8. The Morgan fingerprint density at radius 3 is 2.47 bits per heavy atom. The Hall–Kier alpha value is 0.230. The van der Waals surface area contributed by atoms with E-state index in [9.17, 15) is 5.11 Å². The largest absolute Gasteiger partial charge is 0.389 e. The first kappa shape index (κ1) is 15.2. The first-order chi connectivity index (χ1) is 6.87. The molecule has 0 saturated heterocycles. The average molecular weight is 235 g/mol. The van der Waals surface area contributed by atoms with Gasteiger partial charge in [0, 0.05) is 17.8 Å². The van der Waals surface area contributed by atoms with Crippen LogP contribution in [0.1, 0.15) is 27.7 Å².